The zero-order valence-electron chi connectivity index (χ0n) is 15.5. The number of carbonyl (C=O) groups excluding carboxylic acids is 1. The highest BCUT2D eigenvalue weighted by molar-refractivity contribution is 5.91. The molecule has 0 fully saturated rings. The first kappa shape index (κ1) is 19.3. The summed E-state index contributed by atoms with van der Waals surface area (Å²) in [6.45, 7) is 0.972. The van der Waals surface area contributed by atoms with E-state index >= 15 is 0 Å². The first-order valence-electron chi connectivity index (χ1n) is 8.85. The van der Waals surface area contributed by atoms with Crippen LogP contribution in [0.5, 0.6) is 5.75 Å². The number of anilines is 1. The number of hydrogen-bond donors (Lipinski definition) is 2. The number of carbonyl (C=O) groups is 1. The second kappa shape index (κ2) is 9.45. The van der Waals surface area contributed by atoms with E-state index in [2.05, 4.69) is 20.6 Å². The molecule has 0 saturated carbocycles. The van der Waals surface area contributed by atoms with Crippen molar-refractivity contribution in [1.29, 1.82) is 0 Å². The maximum absolute atomic E-state index is 12.9. The number of hydrogen-bond acceptors (Lipinski definition) is 5. The predicted molar refractivity (Wildman–Crippen MR) is 105 cm³/mol. The molecule has 0 saturated heterocycles. The fraction of sp³-hybridized carbons (Fsp3) is 0.190. The Morgan fingerprint density at radius 3 is 2.61 bits per heavy atom. The number of aromatic nitrogens is 2. The van der Waals surface area contributed by atoms with Crippen molar-refractivity contribution in [3.05, 3.63) is 83.6 Å². The van der Waals surface area contributed by atoms with Gasteiger partial charge in [0.25, 0.3) is 5.91 Å². The van der Waals surface area contributed by atoms with Crippen LogP contribution in [0.15, 0.2) is 60.9 Å². The van der Waals surface area contributed by atoms with E-state index in [0.29, 0.717) is 18.9 Å². The van der Waals surface area contributed by atoms with Crippen molar-refractivity contribution in [3.63, 3.8) is 0 Å². The molecule has 3 aromatic rings. The SMILES string of the molecule is COc1cccc(CCNc2cnc(C(=O)NCc3ccc(F)cc3)cn2)c1. The fourth-order valence-corrected chi connectivity index (χ4v) is 2.57. The Labute approximate surface area is 162 Å². The number of nitrogens with one attached hydrogen (secondary N) is 2. The van der Waals surface area contributed by atoms with Gasteiger partial charge in [0.15, 0.2) is 0 Å². The Balaban J connectivity index is 1.47. The lowest BCUT2D eigenvalue weighted by Gasteiger charge is -2.08. The van der Waals surface area contributed by atoms with Crippen molar-refractivity contribution in [1.82, 2.24) is 15.3 Å². The first-order chi connectivity index (χ1) is 13.6. The van der Waals surface area contributed by atoms with E-state index in [4.69, 9.17) is 4.74 Å². The molecule has 0 spiro atoms. The first-order valence-corrected chi connectivity index (χ1v) is 8.85. The standard InChI is InChI=1S/C21H21FN4O2/c1-28-18-4-2-3-15(11-18)9-10-23-20-14-24-19(13-25-20)21(27)26-12-16-5-7-17(22)8-6-16/h2-8,11,13-14H,9-10,12H2,1H3,(H,23,25)(H,26,27). The predicted octanol–water partition coefficient (Wildman–Crippen LogP) is 3.21. The summed E-state index contributed by atoms with van der Waals surface area (Å²) in [6, 6.07) is 13.8. The smallest absolute Gasteiger partial charge is 0.271 e. The van der Waals surface area contributed by atoms with E-state index in [9.17, 15) is 9.18 Å². The molecule has 3 rings (SSSR count). The zero-order valence-corrected chi connectivity index (χ0v) is 15.5. The zero-order chi connectivity index (χ0) is 19.8. The monoisotopic (exact) mass is 380 g/mol. The Kier molecular flexibility index (Phi) is 6.51. The Bertz CT molecular complexity index is 914. The van der Waals surface area contributed by atoms with E-state index in [-0.39, 0.29) is 17.4 Å². The minimum atomic E-state index is -0.334. The average molecular weight is 380 g/mol. The molecule has 28 heavy (non-hydrogen) atoms. The van der Waals surface area contributed by atoms with Crippen LogP contribution in [0.4, 0.5) is 10.2 Å². The Morgan fingerprint density at radius 1 is 1.07 bits per heavy atom. The molecule has 1 amide bonds. The lowest BCUT2D eigenvalue weighted by Crippen LogP contribution is -2.24. The minimum Gasteiger partial charge on any atom is -0.497 e. The van der Waals surface area contributed by atoms with E-state index in [0.717, 1.165) is 23.3 Å². The van der Waals surface area contributed by atoms with Gasteiger partial charge in [-0.2, -0.15) is 0 Å². The molecule has 2 aromatic carbocycles. The Hall–Kier alpha value is -3.48. The summed E-state index contributed by atoms with van der Waals surface area (Å²) in [7, 11) is 1.64. The molecule has 0 aliphatic rings. The van der Waals surface area contributed by atoms with Crippen LogP contribution < -0.4 is 15.4 Å². The minimum absolute atomic E-state index is 0.223. The van der Waals surface area contributed by atoms with E-state index in [1.807, 2.05) is 24.3 Å². The van der Waals surface area contributed by atoms with E-state index in [1.165, 1.54) is 24.5 Å². The molecule has 1 heterocycles. The summed E-state index contributed by atoms with van der Waals surface area (Å²) in [5.74, 6) is 0.779. The van der Waals surface area contributed by atoms with Gasteiger partial charge >= 0.3 is 0 Å². The van der Waals surface area contributed by atoms with Crippen LogP contribution >= 0.6 is 0 Å². The maximum atomic E-state index is 12.9. The number of halogens is 1. The highest BCUT2D eigenvalue weighted by Gasteiger charge is 2.08. The van der Waals surface area contributed by atoms with Gasteiger partial charge in [0.05, 0.1) is 19.5 Å². The molecule has 7 heteroatoms. The van der Waals surface area contributed by atoms with Gasteiger partial charge in [0, 0.05) is 13.1 Å². The van der Waals surface area contributed by atoms with Crippen molar-refractivity contribution < 1.29 is 13.9 Å². The molecule has 6 nitrogen and oxygen atoms in total. The van der Waals surface area contributed by atoms with Gasteiger partial charge in [0.2, 0.25) is 0 Å². The third kappa shape index (κ3) is 5.51. The van der Waals surface area contributed by atoms with Gasteiger partial charge in [-0.25, -0.2) is 14.4 Å². The van der Waals surface area contributed by atoms with Crippen LogP contribution in [-0.4, -0.2) is 29.5 Å². The summed E-state index contributed by atoms with van der Waals surface area (Å²) in [5, 5.41) is 5.91. The molecular weight excluding hydrogens is 359 g/mol. The Morgan fingerprint density at radius 2 is 1.89 bits per heavy atom. The normalized spacial score (nSPS) is 10.4. The molecule has 0 aliphatic carbocycles. The number of ether oxygens (including phenoxy) is 1. The number of methoxy groups -OCH3 is 1. The second-order valence-electron chi connectivity index (χ2n) is 6.12. The van der Waals surface area contributed by atoms with Crippen molar-refractivity contribution in [2.45, 2.75) is 13.0 Å². The van der Waals surface area contributed by atoms with Crippen LogP contribution in [0.25, 0.3) is 0 Å². The van der Waals surface area contributed by atoms with Crippen LogP contribution in [-0.2, 0) is 13.0 Å². The summed E-state index contributed by atoms with van der Waals surface area (Å²) in [5.41, 5.74) is 2.18. The van der Waals surface area contributed by atoms with Gasteiger partial charge in [0.1, 0.15) is 23.1 Å². The molecule has 1 aromatic heterocycles. The van der Waals surface area contributed by atoms with Gasteiger partial charge < -0.3 is 15.4 Å². The van der Waals surface area contributed by atoms with Crippen molar-refractivity contribution in [2.24, 2.45) is 0 Å². The number of amides is 1. The summed E-state index contributed by atoms with van der Waals surface area (Å²) >= 11 is 0. The van der Waals surface area contributed by atoms with E-state index < -0.39 is 0 Å². The van der Waals surface area contributed by atoms with Gasteiger partial charge in [-0.1, -0.05) is 24.3 Å². The maximum Gasteiger partial charge on any atom is 0.271 e. The lowest BCUT2D eigenvalue weighted by molar-refractivity contribution is 0.0945. The molecule has 0 unspecified atom stereocenters. The number of benzene rings is 2. The van der Waals surface area contributed by atoms with Crippen LogP contribution in [0.1, 0.15) is 21.6 Å². The summed E-state index contributed by atoms with van der Waals surface area (Å²) in [6.07, 6.45) is 3.76. The third-order valence-electron chi connectivity index (χ3n) is 4.10. The summed E-state index contributed by atoms with van der Waals surface area (Å²) < 4.78 is 18.1. The average Bonchev–Trinajstić information content (AvgIpc) is 2.74. The van der Waals surface area contributed by atoms with Gasteiger partial charge in [-0.3, -0.25) is 4.79 Å². The van der Waals surface area contributed by atoms with Crippen molar-refractivity contribution in [2.75, 3.05) is 19.0 Å². The van der Waals surface area contributed by atoms with Crippen LogP contribution in [0.3, 0.4) is 0 Å². The van der Waals surface area contributed by atoms with Crippen molar-refractivity contribution in [3.8, 4) is 5.75 Å². The summed E-state index contributed by atoms with van der Waals surface area (Å²) in [4.78, 5) is 20.5. The topological polar surface area (TPSA) is 76.1 Å². The molecule has 2 N–H and O–H groups in total. The highest BCUT2D eigenvalue weighted by Crippen LogP contribution is 2.13. The molecule has 0 atom stereocenters. The van der Waals surface area contributed by atoms with Crippen LogP contribution in [0.2, 0.25) is 0 Å². The third-order valence-corrected chi connectivity index (χ3v) is 4.10. The van der Waals surface area contributed by atoms with Gasteiger partial charge in [-0.05, 0) is 41.8 Å². The van der Waals surface area contributed by atoms with Crippen molar-refractivity contribution >= 4 is 11.7 Å². The quantitative estimate of drug-likeness (QED) is 0.628. The number of nitrogens with zero attached hydrogens (tertiary/aromatic N) is 2. The molecule has 144 valence electrons. The lowest BCUT2D eigenvalue weighted by atomic mass is 10.1. The number of rotatable bonds is 8. The van der Waals surface area contributed by atoms with E-state index in [1.54, 1.807) is 19.2 Å². The molecule has 0 radical (unpaired) electrons. The molecule has 0 bridgehead atoms. The molecule has 0 aliphatic heterocycles. The largest absolute Gasteiger partial charge is 0.497 e. The highest BCUT2D eigenvalue weighted by atomic mass is 19.1. The molecular formula is C21H21FN4O2. The fourth-order valence-electron chi connectivity index (χ4n) is 2.57. The van der Waals surface area contributed by atoms with Gasteiger partial charge in [-0.15, -0.1) is 0 Å². The second-order valence-corrected chi connectivity index (χ2v) is 6.12. The van der Waals surface area contributed by atoms with Crippen LogP contribution in [0, 0.1) is 5.82 Å².